The average molecular weight is 424 g/mol. The number of hydrogen-bond acceptors (Lipinski definition) is 4. The number of halogens is 3. The van der Waals surface area contributed by atoms with Crippen LogP contribution in [0.1, 0.15) is 37.4 Å². The standard InChI is InChI=1S/C23H15F3N2O3/c1-31-22(30)17-12-13-18(23(24,25)26)20(21(29)28-19-9-5-6-14-27-19)16(17)11-10-15-7-3-2-4-8-15/h2-9,12-14H,1H3,(H,27,28,29). The van der Waals surface area contributed by atoms with Gasteiger partial charge in [-0.15, -0.1) is 0 Å². The molecule has 0 unspecified atom stereocenters. The van der Waals surface area contributed by atoms with E-state index in [-0.39, 0.29) is 16.9 Å². The minimum absolute atomic E-state index is 0.0473. The number of amides is 1. The van der Waals surface area contributed by atoms with Crippen LogP contribution in [0.15, 0.2) is 66.9 Å². The number of aromatic nitrogens is 1. The molecule has 0 radical (unpaired) electrons. The Morgan fingerprint density at radius 1 is 0.968 bits per heavy atom. The lowest BCUT2D eigenvalue weighted by Gasteiger charge is -2.16. The van der Waals surface area contributed by atoms with Gasteiger partial charge in [0.25, 0.3) is 5.91 Å². The van der Waals surface area contributed by atoms with Gasteiger partial charge in [0.1, 0.15) is 5.82 Å². The van der Waals surface area contributed by atoms with Crippen LogP contribution >= 0.6 is 0 Å². The molecule has 1 N–H and O–H groups in total. The van der Waals surface area contributed by atoms with Gasteiger partial charge in [-0.2, -0.15) is 13.2 Å². The molecule has 0 aliphatic carbocycles. The average Bonchev–Trinajstić information content (AvgIpc) is 2.77. The molecule has 0 saturated heterocycles. The monoisotopic (exact) mass is 424 g/mol. The van der Waals surface area contributed by atoms with Gasteiger partial charge < -0.3 is 10.1 Å². The lowest BCUT2D eigenvalue weighted by molar-refractivity contribution is -0.137. The smallest absolute Gasteiger partial charge is 0.417 e. The van der Waals surface area contributed by atoms with Crippen molar-refractivity contribution in [3.8, 4) is 11.8 Å². The fraction of sp³-hybridized carbons (Fsp3) is 0.0870. The Labute approximate surface area is 175 Å². The van der Waals surface area contributed by atoms with Crippen molar-refractivity contribution in [2.45, 2.75) is 6.18 Å². The molecule has 0 saturated carbocycles. The van der Waals surface area contributed by atoms with E-state index in [1.54, 1.807) is 42.5 Å². The number of benzene rings is 2. The quantitative estimate of drug-likeness (QED) is 0.495. The van der Waals surface area contributed by atoms with E-state index in [0.29, 0.717) is 11.6 Å². The second kappa shape index (κ2) is 9.13. The van der Waals surface area contributed by atoms with Gasteiger partial charge in [0.05, 0.1) is 29.4 Å². The highest BCUT2D eigenvalue weighted by Crippen LogP contribution is 2.35. The topological polar surface area (TPSA) is 68.3 Å². The highest BCUT2D eigenvalue weighted by atomic mass is 19.4. The lowest BCUT2D eigenvalue weighted by Crippen LogP contribution is -2.23. The molecule has 1 aromatic heterocycles. The van der Waals surface area contributed by atoms with Crippen LogP contribution in [-0.4, -0.2) is 24.0 Å². The molecule has 8 heteroatoms. The summed E-state index contributed by atoms with van der Waals surface area (Å²) in [5, 5.41) is 2.32. The summed E-state index contributed by atoms with van der Waals surface area (Å²) in [6.07, 6.45) is -3.49. The molecule has 0 aliphatic heterocycles. The van der Waals surface area contributed by atoms with Crippen molar-refractivity contribution in [2.75, 3.05) is 12.4 Å². The first-order valence-electron chi connectivity index (χ1n) is 8.93. The summed E-state index contributed by atoms with van der Waals surface area (Å²) in [5.74, 6) is 3.28. The van der Waals surface area contributed by atoms with Gasteiger partial charge in [0.15, 0.2) is 0 Å². The van der Waals surface area contributed by atoms with E-state index in [2.05, 4.69) is 26.9 Å². The van der Waals surface area contributed by atoms with Gasteiger partial charge in [-0.25, -0.2) is 9.78 Å². The van der Waals surface area contributed by atoms with Gasteiger partial charge >= 0.3 is 12.1 Å². The van der Waals surface area contributed by atoms with E-state index in [1.807, 2.05) is 0 Å². The molecule has 3 rings (SSSR count). The zero-order valence-electron chi connectivity index (χ0n) is 16.2. The maximum atomic E-state index is 13.7. The molecule has 1 amide bonds. The van der Waals surface area contributed by atoms with Crippen LogP contribution in [0.5, 0.6) is 0 Å². The lowest BCUT2D eigenvalue weighted by atomic mass is 9.94. The van der Waals surface area contributed by atoms with Crippen molar-refractivity contribution in [3.63, 3.8) is 0 Å². The van der Waals surface area contributed by atoms with Crippen LogP contribution in [0.3, 0.4) is 0 Å². The van der Waals surface area contributed by atoms with Crippen molar-refractivity contribution < 1.29 is 27.5 Å². The highest BCUT2D eigenvalue weighted by Gasteiger charge is 2.38. The van der Waals surface area contributed by atoms with Crippen molar-refractivity contribution >= 4 is 17.7 Å². The number of methoxy groups -OCH3 is 1. The number of rotatable bonds is 3. The summed E-state index contributed by atoms with van der Waals surface area (Å²) in [6, 6.07) is 14.6. The zero-order chi connectivity index (χ0) is 22.4. The van der Waals surface area contributed by atoms with Crippen molar-refractivity contribution in [1.29, 1.82) is 0 Å². The Hall–Kier alpha value is -4.12. The molecule has 156 valence electrons. The van der Waals surface area contributed by atoms with E-state index < -0.39 is 29.2 Å². The number of nitrogens with one attached hydrogen (secondary N) is 1. The van der Waals surface area contributed by atoms with Gasteiger partial charge in [-0.3, -0.25) is 4.79 Å². The fourth-order valence-electron chi connectivity index (χ4n) is 2.76. The number of ether oxygens (including phenoxy) is 1. The molecule has 2 aromatic carbocycles. The molecule has 0 spiro atoms. The SMILES string of the molecule is COC(=O)c1ccc(C(F)(F)F)c(C(=O)Nc2ccccn2)c1C#Cc1ccccc1. The number of nitrogens with zero attached hydrogens (tertiary/aromatic N) is 1. The molecular formula is C23H15F3N2O3. The third-order valence-electron chi connectivity index (χ3n) is 4.16. The second-order valence-electron chi connectivity index (χ2n) is 6.19. The first-order valence-corrected chi connectivity index (χ1v) is 8.93. The highest BCUT2D eigenvalue weighted by molar-refractivity contribution is 6.09. The first kappa shape index (κ1) is 21.6. The fourth-order valence-corrected chi connectivity index (χ4v) is 2.76. The van der Waals surface area contributed by atoms with Gasteiger partial charge in [-0.05, 0) is 36.4 Å². The van der Waals surface area contributed by atoms with Crippen molar-refractivity contribution in [3.05, 3.63) is 94.7 Å². The van der Waals surface area contributed by atoms with Crippen LogP contribution in [0, 0.1) is 11.8 Å². The van der Waals surface area contributed by atoms with Crippen molar-refractivity contribution in [1.82, 2.24) is 4.98 Å². The number of carbonyl (C=O) groups excluding carboxylic acids is 2. The Bertz CT molecular complexity index is 1170. The predicted octanol–water partition coefficient (Wildman–Crippen LogP) is 4.54. The maximum absolute atomic E-state index is 13.7. The molecule has 0 atom stereocenters. The van der Waals surface area contributed by atoms with Crippen LogP contribution < -0.4 is 5.32 Å². The molecule has 3 aromatic rings. The van der Waals surface area contributed by atoms with E-state index in [9.17, 15) is 22.8 Å². The van der Waals surface area contributed by atoms with Crippen LogP contribution in [0.4, 0.5) is 19.0 Å². The minimum atomic E-state index is -4.87. The molecule has 5 nitrogen and oxygen atoms in total. The molecular weight excluding hydrogens is 409 g/mol. The van der Waals surface area contributed by atoms with E-state index in [4.69, 9.17) is 0 Å². The Morgan fingerprint density at radius 2 is 1.68 bits per heavy atom. The zero-order valence-corrected chi connectivity index (χ0v) is 16.2. The van der Waals surface area contributed by atoms with Crippen LogP contribution in [0.25, 0.3) is 0 Å². The summed E-state index contributed by atoms with van der Waals surface area (Å²) < 4.78 is 45.9. The Morgan fingerprint density at radius 3 is 2.29 bits per heavy atom. The van der Waals surface area contributed by atoms with Crippen LogP contribution in [0.2, 0.25) is 0 Å². The molecule has 31 heavy (non-hydrogen) atoms. The van der Waals surface area contributed by atoms with E-state index >= 15 is 0 Å². The Balaban J connectivity index is 2.24. The molecule has 0 bridgehead atoms. The Kier molecular flexibility index (Phi) is 6.36. The largest absolute Gasteiger partial charge is 0.465 e. The number of esters is 1. The normalized spacial score (nSPS) is 10.6. The minimum Gasteiger partial charge on any atom is -0.465 e. The van der Waals surface area contributed by atoms with Gasteiger partial charge in [0.2, 0.25) is 0 Å². The number of anilines is 1. The van der Waals surface area contributed by atoms with Crippen molar-refractivity contribution in [2.24, 2.45) is 0 Å². The molecule has 0 aliphatic rings. The number of pyridine rings is 1. The number of alkyl halides is 3. The number of hydrogen-bond donors (Lipinski definition) is 1. The summed E-state index contributed by atoms with van der Waals surface area (Å²) >= 11 is 0. The predicted molar refractivity (Wildman–Crippen MR) is 107 cm³/mol. The summed E-state index contributed by atoms with van der Waals surface area (Å²) in [7, 11) is 1.09. The maximum Gasteiger partial charge on any atom is 0.417 e. The van der Waals surface area contributed by atoms with Crippen LogP contribution in [-0.2, 0) is 10.9 Å². The molecule has 1 heterocycles. The summed E-state index contributed by atoms with van der Waals surface area (Å²) in [5.41, 5.74) is -2.17. The number of carbonyl (C=O) groups is 2. The summed E-state index contributed by atoms with van der Waals surface area (Å²) in [4.78, 5) is 29.0. The second-order valence-corrected chi connectivity index (χ2v) is 6.19. The van der Waals surface area contributed by atoms with Gasteiger partial charge in [0, 0.05) is 11.8 Å². The third-order valence-corrected chi connectivity index (χ3v) is 4.16. The summed E-state index contributed by atoms with van der Waals surface area (Å²) in [6.45, 7) is 0. The van der Waals surface area contributed by atoms with E-state index in [1.165, 1.54) is 12.3 Å². The molecule has 0 fully saturated rings. The first-order chi connectivity index (χ1) is 14.8. The third kappa shape index (κ3) is 5.08. The van der Waals surface area contributed by atoms with E-state index in [0.717, 1.165) is 13.2 Å². The van der Waals surface area contributed by atoms with Gasteiger partial charge in [-0.1, -0.05) is 36.1 Å².